The lowest BCUT2D eigenvalue weighted by atomic mass is 9.81. The van der Waals surface area contributed by atoms with Gasteiger partial charge >= 0.3 is 5.97 Å². The summed E-state index contributed by atoms with van der Waals surface area (Å²) in [7, 11) is 0. The summed E-state index contributed by atoms with van der Waals surface area (Å²) in [5.74, 6) is 0.237. The van der Waals surface area contributed by atoms with Crippen LogP contribution in [0.5, 0.6) is 0 Å². The smallest absolute Gasteiger partial charge is 0.308 e. The highest BCUT2D eigenvalue weighted by Gasteiger charge is 2.34. The van der Waals surface area contributed by atoms with Gasteiger partial charge in [-0.25, -0.2) is 0 Å². The molecular formula is C14H23NO3. The van der Waals surface area contributed by atoms with E-state index in [1.807, 2.05) is 0 Å². The van der Waals surface area contributed by atoms with E-state index in [2.05, 4.69) is 6.92 Å². The van der Waals surface area contributed by atoms with Crippen molar-refractivity contribution in [3.05, 3.63) is 0 Å². The predicted molar refractivity (Wildman–Crippen MR) is 68.1 cm³/mol. The molecule has 0 aromatic carbocycles. The van der Waals surface area contributed by atoms with Crippen molar-refractivity contribution < 1.29 is 14.7 Å². The maximum absolute atomic E-state index is 11.7. The van der Waals surface area contributed by atoms with Crippen LogP contribution in [0.25, 0.3) is 0 Å². The Labute approximate surface area is 108 Å². The fourth-order valence-corrected chi connectivity index (χ4v) is 3.31. The van der Waals surface area contributed by atoms with Crippen molar-refractivity contribution in [3.63, 3.8) is 0 Å². The summed E-state index contributed by atoms with van der Waals surface area (Å²) in [6, 6.07) is 0. The molecule has 102 valence electrons. The standard InChI is InChI=1S/C14H23NO3/c1-10-3-2-4-11(7-10)5-6-15-9-12(14(17)18)8-13(15)16/h10-12H,2-9H2,1H3,(H,17,18). The van der Waals surface area contributed by atoms with E-state index in [1.54, 1.807) is 4.90 Å². The van der Waals surface area contributed by atoms with E-state index in [4.69, 9.17) is 5.11 Å². The number of carbonyl (C=O) groups is 2. The van der Waals surface area contributed by atoms with Crippen LogP contribution < -0.4 is 0 Å². The maximum atomic E-state index is 11.7. The first-order chi connectivity index (χ1) is 8.56. The third-order valence-electron chi connectivity index (χ3n) is 4.42. The molecule has 1 saturated heterocycles. The number of carbonyl (C=O) groups excluding carboxylic acids is 1. The topological polar surface area (TPSA) is 57.6 Å². The zero-order valence-corrected chi connectivity index (χ0v) is 11.1. The lowest BCUT2D eigenvalue weighted by Gasteiger charge is -2.28. The lowest BCUT2D eigenvalue weighted by Crippen LogP contribution is -2.29. The molecule has 1 heterocycles. The van der Waals surface area contributed by atoms with E-state index in [1.165, 1.54) is 25.7 Å². The van der Waals surface area contributed by atoms with E-state index in [-0.39, 0.29) is 12.3 Å². The number of aliphatic carboxylic acids is 1. The van der Waals surface area contributed by atoms with Gasteiger partial charge in [-0.05, 0) is 24.7 Å². The molecule has 0 aromatic heterocycles. The van der Waals surface area contributed by atoms with Crippen LogP contribution >= 0.6 is 0 Å². The molecule has 0 spiro atoms. The van der Waals surface area contributed by atoms with Crippen molar-refractivity contribution in [1.29, 1.82) is 0 Å². The van der Waals surface area contributed by atoms with E-state index in [0.717, 1.165) is 24.8 Å². The minimum atomic E-state index is -0.836. The molecule has 1 saturated carbocycles. The van der Waals surface area contributed by atoms with Crippen LogP contribution in [0.1, 0.15) is 45.4 Å². The Balaban J connectivity index is 1.76. The van der Waals surface area contributed by atoms with Gasteiger partial charge in [0.25, 0.3) is 0 Å². The summed E-state index contributed by atoms with van der Waals surface area (Å²) in [5, 5.41) is 8.92. The number of nitrogens with zero attached hydrogens (tertiary/aromatic N) is 1. The number of hydrogen-bond donors (Lipinski definition) is 1. The van der Waals surface area contributed by atoms with Gasteiger partial charge in [0.2, 0.25) is 5.91 Å². The van der Waals surface area contributed by atoms with Gasteiger partial charge < -0.3 is 10.0 Å². The summed E-state index contributed by atoms with van der Waals surface area (Å²) in [6.45, 7) is 3.46. The Morgan fingerprint density at radius 1 is 1.44 bits per heavy atom. The molecule has 2 rings (SSSR count). The summed E-state index contributed by atoms with van der Waals surface area (Å²) >= 11 is 0. The van der Waals surface area contributed by atoms with Gasteiger partial charge in [-0.1, -0.05) is 26.2 Å². The molecule has 3 unspecified atom stereocenters. The molecule has 0 aromatic rings. The monoisotopic (exact) mass is 253 g/mol. The molecule has 18 heavy (non-hydrogen) atoms. The first kappa shape index (κ1) is 13.4. The van der Waals surface area contributed by atoms with Crippen molar-refractivity contribution in [2.75, 3.05) is 13.1 Å². The molecule has 4 nitrogen and oxygen atoms in total. The Morgan fingerprint density at radius 3 is 2.83 bits per heavy atom. The molecule has 0 bridgehead atoms. The summed E-state index contributed by atoms with van der Waals surface area (Å²) in [5.41, 5.74) is 0. The predicted octanol–water partition coefficient (Wildman–Crippen LogP) is 2.14. The van der Waals surface area contributed by atoms with Crippen molar-refractivity contribution in [2.45, 2.75) is 45.4 Å². The number of rotatable bonds is 4. The van der Waals surface area contributed by atoms with Gasteiger partial charge in [0.05, 0.1) is 5.92 Å². The van der Waals surface area contributed by atoms with Crippen LogP contribution in [0.4, 0.5) is 0 Å². The number of carboxylic acids is 1. The maximum Gasteiger partial charge on any atom is 0.308 e. The van der Waals surface area contributed by atoms with E-state index in [0.29, 0.717) is 6.54 Å². The molecule has 3 atom stereocenters. The minimum Gasteiger partial charge on any atom is -0.481 e. The first-order valence-electron chi connectivity index (χ1n) is 7.07. The number of likely N-dealkylation sites (tertiary alicyclic amines) is 1. The normalized spacial score (nSPS) is 32.8. The van der Waals surface area contributed by atoms with Crippen LogP contribution in [0.15, 0.2) is 0 Å². The molecule has 2 aliphatic rings. The highest BCUT2D eigenvalue weighted by atomic mass is 16.4. The van der Waals surface area contributed by atoms with Gasteiger partial charge in [-0.15, -0.1) is 0 Å². The lowest BCUT2D eigenvalue weighted by molar-refractivity contribution is -0.141. The van der Waals surface area contributed by atoms with Crippen molar-refractivity contribution >= 4 is 11.9 Å². The zero-order chi connectivity index (χ0) is 13.1. The average molecular weight is 253 g/mol. The Bertz CT molecular complexity index is 329. The molecule has 2 fully saturated rings. The zero-order valence-electron chi connectivity index (χ0n) is 11.1. The molecule has 1 aliphatic carbocycles. The number of carboxylic acid groups (broad SMARTS) is 1. The van der Waals surface area contributed by atoms with Crippen LogP contribution in [-0.2, 0) is 9.59 Å². The Kier molecular flexibility index (Phi) is 4.25. The second-order valence-corrected chi connectivity index (χ2v) is 6.01. The summed E-state index contributed by atoms with van der Waals surface area (Å²) in [4.78, 5) is 24.3. The summed E-state index contributed by atoms with van der Waals surface area (Å²) < 4.78 is 0. The molecule has 1 amide bonds. The van der Waals surface area contributed by atoms with Gasteiger partial charge in [0.15, 0.2) is 0 Å². The SMILES string of the molecule is CC1CCCC(CCN2CC(C(=O)O)CC2=O)C1. The Morgan fingerprint density at radius 2 is 2.22 bits per heavy atom. The highest BCUT2D eigenvalue weighted by molar-refractivity contribution is 5.86. The van der Waals surface area contributed by atoms with Gasteiger partial charge in [0, 0.05) is 19.5 Å². The van der Waals surface area contributed by atoms with E-state index >= 15 is 0 Å². The van der Waals surface area contributed by atoms with Crippen LogP contribution in [0.3, 0.4) is 0 Å². The largest absolute Gasteiger partial charge is 0.481 e. The van der Waals surface area contributed by atoms with Crippen molar-refractivity contribution in [2.24, 2.45) is 17.8 Å². The van der Waals surface area contributed by atoms with Gasteiger partial charge in [0.1, 0.15) is 0 Å². The highest BCUT2D eigenvalue weighted by Crippen LogP contribution is 2.31. The molecular weight excluding hydrogens is 230 g/mol. The second-order valence-electron chi connectivity index (χ2n) is 6.01. The second kappa shape index (κ2) is 5.72. The number of hydrogen-bond acceptors (Lipinski definition) is 2. The average Bonchev–Trinajstić information content (AvgIpc) is 2.68. The van der Waals surface area contributed by atoms with Crippen LogP contribution in [0, 0.1) is 17.8 Å². The van der Waals surface area contributed by atoms with E-state index in [9.17, 15) is 9.59 Å². The minimum absolute atomic E-state index is 0.0197. The quantitative estimate of drug-likeness (QED) is 0.835. The third kappa shape index (κ3) is 3.24. The van der Waals surface area contributed by atoms with Gasteiger partial charge in [-0.2, -0.15) is 0 Å². The Hall–Kier alpha value is -1.06. The van der Waals surface area contributed by atoms with Crippen LogP contribution in [0.2, 0.25) is 0 Å². The van der Waals surface area contributed by atoms with E-state index < -0.39 is 11.9 Å². The molecule has 4 heteroatoms. The molecule has 1 aliphatic heterocycles. The van der Waals surface area contributed by atoms with Gasteiger partial charge in [-0.3, -0.25) is 9.59 Å². The number of amides is 1. The summed E-state index contributed by atoms with van der Waals surface area (Å²) in [6.07, 6.45) is 6.41. The molecule has 1 N–H and O–H groups in total. The fourth-order valence-electron chi connectivity index (χ4n) is 3.31. The molecule has 0 radical (unpaired) electrons. The van der Waals surface area contributed by atoms with Crippen molar-refractivity contribution in [3.8, 4) is 0 Å². The van der Waals surface area contributed by atoms with Crippen molar-refractivity contribution in [1.82, 2.24) is 4.90 Å². The van der Waals surface area contributed by atoms with Crippen LogP contribution in [-0.4, -0.2) is 35.0 Å². The fraction of sp³-hybridized carbons (Fsp3) is 0.857. The first-order valence-corrected chi connectivity index (χ1v) is 7.07. The third-order valence-corrected chi connectivity index (χ3v) is 4.42.